The third kappa shape index (κ3) is 3.09. The predicted molar refractivity (Wildman–Crippen MR) is 56.2 cm³/mol. The quantitative estimate of drug-likeness (QED) is 0.707. The first-order valence-corrected chi connectivity index (χ1v) is 4.95. The van der Waals surface area contributed by atoms with E-state index in [0.29, 0.717) is 12.1 Å². The lowest BCUT2D eigenvalue weighted by atomic mass is 10.0. The van der Waals surface area contributed by atoms with E-state index in [1.807, 2.05) is 0 Å². The molecular weight excluding hydrogens is 179 g/mol. The Labute approximate surface area is 84.1 Å². The second-order valence-electron chi connectivity index (χ2n) is 3.41. The molecule has 4 N–H and O–H groups in total. The van der Waals surface area contributed by atoms with Crippen molar-refractivity contribution in [3.05, 3.63) is 35.6 Å². The highest BCUT2D eigenvalue weighted by molar-refractivity contribution is 5.20. The first-order valence-electron chi connectivity index (χ1n) is 4.95. The highest BCUT2D eigenvalue weighted by atomic mass is 19.1. The Hall–Kier alpha value is -0.930. The van der Waals surface area contributed by atoms with Crippen LogP contribution in [0.5, 0.6) is 0 Å². The molecule has 1 aromatic carbocycles. The van der Waals surface area contributed by atoms with Gasteiger partial charge in [-0.25, -0.2) is 4.39 Å². The summed E-state index contributed by atoms with van der Waals surface area (Å²) < 4.78 is 13.2. The second-order valence-corrected chi connectivity index (χ2v) is 3.41. The van der Waals surface area contributed by atoms with Gasteiger partial charge in [0.2, 0.25) is 0 Å². The largest absolute Gasteiger partial charge is 0.330 e. The molecule has 0 radical (unpaired) electrons. The summed E-state index contributed by atoms with van der Waals surface area (Å²) in [6.45, 7) is 0.671. The van der Waals surface area contributed by atoms with E-state index in [-0.39, 0.29) is 11.9 Å². The second kappa shape index (κ2) is 5.73. The highest BCUT2D eigenvalue weighted by Crippen LogP contribution is 2.19. The third-order valence-corrected chi connectivity index (χ3v) is 2.27. The van der Waals surface area contributed by atoms with Gasteiger partial charge in [-0.1, -0.05) is 24.6 Å². The molecule has 0 saturated carbocycles. The predicted octanol–water partition coefficient (Wildman–Crippen LogP) is 1.95. The molecule has 0 heterocycles. The molecule has 3 heteroatoms. The van der Waals surface area contributed by atoms with Gasteiger partial charge in [0.15, 0.2) is 0 Å². The van der Waals surface area contributed by atoms with Crippen molar-refractivity contribution in [3.8, 4) is 0 Å². The van der Waals surface area contributed by atoms with E-state index in [1.54, 1.807) is 18.2 Å². The van der Waals surface area contributed by atoms with E-state index >= 15 is 0 Å². The van der Waals surface area contributed by atoms with Crippen LogP contribution in [0.25, 0.3) is 0 Å². The van der Waals surface area contributed by atoms with E-state index in [1.165, 1.54) is 6.07 Å². The fraction of sp³-hybridized carbons (Fsp3) is 0.455. The number of benzene rings is 1. The number of nitrogens with two attached hydrogens (primary N) is 2. The molecule has 0 aliphatic heterocycles. The molecule has 0 aliphatic rings. The Morgan fingerprint density at radius 2 is 1.93 bits per heavy atom. The summed E-state index contributed by atoms with van der Waals surface area (Å²) in [6, 6.07) is 6.45. The lowest BCUT2D eigenvalue weighted by molar-refractivity contribution is 0.543. The lowest BCUT2D eigenvalue weighted by Crippen LogP contribution is -2.12. The average Bonchev–Trinajstić information content (AvgIpc) is 2.18. The molecule has 78 valence electrons. The Morgan fingerprint density at radius 3 is 2.57 bits per heavy atom. The summed E-state index contributed by atoms with van der Waals surface area (Å²) in [6.07, 6.45) is 2.69. The SMILES string of the molecule is NCCCC[C@@H](N)c1ccccc1F. The zero-order chi connectivity index (χ0) is 10.4. The maximum absolute atomic E-state index is 13.2. The van der Waals surface area contributed by atoms with Crippen LogP contribution < -0.4 is 11.5 Å². The van der Waals surface area contributed by atoms with Crippen molar-refractivity contribution in [1.82, 2.24) is 0 Å². The van der Waals surface area contributed by atoms with Crippen molar-refractivity contribution >= 4 is 0 Å². The summed E-state index contributed by atoms with van der Waals surface area (Å²) in [4.78, 5) is 0. The Morgan fingerprint density at radius 1 is 1.21 bits per heavy atom. The summed E-state index contributed by atoms with van der Waals surface area (Å²) in [5, 5.41) is 0. The summed E-state index contributed by atoms with van der Waals surface area (Å²) in [5.41, 5.74) is 11.8. The molecule has 0 saturated heterocycles. The molecule has 0 fully saturated rings. The van der Waals surface area contributed by atoms with E-state index in [2.05, 4.69) is 0 Å². The molecule has 1 aromatic rings. The van der Waals surface area contributed by atoms with Gasteiger partial charge in [0.25, 0.3) is 0 Å². The molecule has 0 spiro atoms. The van der Waals surface area contributed by atoms with Crippen LogP contribution >= 0.6 is 0 Å². The molecule has 1 rings (SSSR count). The minimum Gasteiger partial charge on any atom is -0.330 e. The monoisotopic (exact) mass is 196 g/mol. The van der Waals surface area contributed by atoms with Crippen LogP contribution in [0.15, 0.2) is 24.3 Å². The highest BCUT2D eigenvalue weighted by Gasteiger charge is 2.09. The fourth-order valence-electron chi connectivity index (χ4n) is 1.44. The van der Waals surface area contributed by atoms with Crippen molar-refractivity contribution < 1.29 is 4.39 Å². The van der Waals surface area contributed by atoms with Crippen molar-refractivity contribution in [2.75, 3.05) is 6.54 Å². The van der Waals surface area contributed by atoms with Gasteiger partial charge in [0.1, 0.15) is 5.82 Å². The zero-order valence-electron chi connectivity index (χ0n) is 8.25. The maximum Gasteiger partial charge on any atom is 0.127 e. The number of rotatable bonds is 5. The van der Waals surface area contributed by atoms with Gasteiger partial charge in [-0.05, 0) is 25.5 Å². The molecule has 14 heavy (non-hydrogen) atoms. The topological polar surface area (TPSA) is 52.0 Å². The molecule has 2 nitrogen and oxygen atoms in total. The van der Waals surface area contributed by atoms with Crippen LogP contribution in [-0.4, -0.2) is 6.54 Å². The fourth-order valence-corrected chi connectivity index (χ4v) is 1.44. The number of hydrogen-bond donors (Lipinski definition) is 2. The van der Waals surface area contributed by atoms with Gasteiger partial charge in [-0.3, -0.25) is 0 Å². The summed E-state index contributed by atoms with van der Waals surface area (Å²) in [5.74, 6) is -0.215. The van der Waals surface area contributed by atoms with Gasteiger partial charge >= 0.3 is 0 Å². The van der Waals surface area contributed by atoms with Crippen LogP contribution in [0.1, 0.15) is 30.9 Å². The number of hydrogen-bond acceptors (Lipinski definition) is 2. The Bertz CT molecular complexity index is 276. The molecule has 0 aromatic heterocycles. The summed E-state index contributed by atoms with van der Waals surface area (Å²) in [7, 11) is 0. The normalized spacial score (nSPS) is 12.8. The number of unbranched alkanes of at least 4 members (excludes halogenated alkanes) is 1. The molecule has 0 unspecified atom stereocenters. The smallest absolute Gasteiger partial charge is 0.127 e. The minimum absolute atomic E-state index is 0.206. The van der Waals surface area contributed by atoms with Crippen molar-refractivity contribution in [3.63, 3.8) is 0 Å². The van der Waals surface area contributed by atoms with Crippen LogP contribution in [0.4, 0.5) is 4.39 Å². The van der Waals surface area contributed by atoms with Crippen LogP contribution in [0, 0.1) is 5.82 Å². The van der Waals surface area contributed by atoms with Gasteiger partial charge in [-0.2, -0.15) is 0 Å². The third-order valence-electron chi connectivity index (χ3n) is 2.27. The molecular formula is C11H17FN2. The maximum atomic E-state index is 13.2. The van der Waals surface area contributed by atoms with E-state index in [9.17, 15) is 4.39 Å². The van der Waals surface area contributed by atoms with Crippen LogP contribution in [0.2, 0.25) is 0 Å². The van der Waals surface area contributed by atoms with Crippen molar-refractivity contribution in [1.29, 1.82) is 0 Å². The van der Waals surface area contributed by atoms with Gasteiger partial charge in [0.05, 0.1) is 0 Å². The standard InChI is InChI=1S/C11H17FN2/c12-10-6-2-1-5-9(10)11(14)7-3-4-8-13/h1-2,5-6,11H,3-4,7-8,13-14H2/t11-/m1/s1. The van der Waals surface area contributed by atoms with Crippen molar-refractivity contribution in [2.24, 2.45) is 11.5 Å². The van der Waals surface area contributed by atoms with Gasteiger partial charge in [0, 0.05) is 11.6 Å². The molecule has 0 bridgehead atoms. The zero-order valence-corrected chi connectivity index (χ0v) is 8.25. The van der Waals surface area contributed by atoms with E-state index in [0.717, 1.165) is 19.3 Å². The van der Waals surface area contributed by atoms with Crippen LogP contribution in [0.3, 0.4) is 0 Å². The van der Waals surface area contributed by atoms with Gasteiger partial charge < -0.3 is 11.5 Å². The lowest BCUT2D eigenvalue weighted by Gasteiger charge is -2.12. The number of halogens is 1. The van der Waals surface area contributed by atoms with E-state index in [4.69, 9.17) is 11.5 Å². The first-order chi connectivity index (χ1) is 6.75. The molecule has 1 atom stereocenters. The van der Waals surface area contributed by atoms with Crippen molar-refractivity contribution in [2.45, 2.75) is 25.3 Å². The van der Waals surface area contributed by atoms with Crippen LogP contribution in [-0.2, 0) is 0 Å². The minimum atomic E-state index is -0.215. The Kier molecular flexibility index (Phi) is 4.56. The van der Waals surface area contributed by atoms with E-state index < -0.39 is 0 Å². The first kappa shape index (κ1) is 11.1. The average molecular weight is 196 g/mol. The van der Waals surface area contributed by atoms with Gasteiger partial charge in [-0.15, -0.1) is 0 Å². The molecule has 0 amide bonds. The molecule has 0 aliphatic carbocycles. The Balaban J connectivity index is 2.51. The summed E-state index contributed by atoms with van der Waals surface area (Å²) >= 11 is 0.